The Labute approximate surface area is 121 Å². The lowest BCUT2D eigenvalue weighted by atomic mass is 9.86. The van der Waals surface area contributed by atoms with Crippen LogP contribution in [0, 0.1) is 0 Å². The number of rotatable bonds is 5. The van der Waals surface area contributed by atoms with Gasteiger partial charge >= 0.3 is 5.51 Å². The van der Waals surface area contributed by atoms with E-state index >= 15 is 0 Å². The summed E-state index contributed by atoms with van der Waals surface area (Å²) in [6.07, 6.45) is 0.667. The molecule has 2 nitrogen and oxygen atoms in total. The molecule has 0 aliphatic rings. The average Bonchev–Trinajstić information content (AvgIpc) is 2.25. The molecule has 20 heavy (non-hydrogen) atoms. The van der Waals surface area contributed by atoms with Gasteiger partial charge in [-0.2, -0.15) is 13.2 Å². The van der Waals surface area contributed by atoms with Crippen molar-refractivity contribution in [3.63, 3.8) is 0 Å². The van der Waals surface area contributed by atoms with Gasteiger partial charge in [-0.05, 0) is 47.8 Å². The van der Waals surface area contributed by atoms with E-state index < -0.39 is 5.51 Å². The Balaban J connectivity index is 3.02. The molecule has 6 heteroatoms. The molecular weight excluding hydrogens is 287 g/mol. The van der Waals surface area contributed by atoms with E-state index in [9.17, 15) is 13.2 Å². The summed E-state index contributed by atoms with van der Waals surface area (Å²) in [7, 11) is 0. The number of hydrogen-bond acceptors (Lipinski definition) is 3. The molecule has 1 aromatic carbocycles. The molecule has 0 bridgehead atoms. The van der Waals surface area contributed by atoms with Gasteiger partial charge in [-0.1, -0.05) is 26.8 Å². The Kier molecular flexibility index (Phi) is 5.77. The summed E-state index contributed by atoms with van der Waals surface area (Å²) in [4.78, 5) is 0.133. The van der Waals surface area contributed by atoms with Gasteiger partial charge in [0.25, 0.3) is 0 Å². The van der Waals surface area contributed by atoms with Crippen LogP contribution in [0.4, 0.5) is 13.2 Å². The van der Waals surface area contributed by atoms with E-state index in [-0.39, 0.29) is 22.1 Å². The number of thioether (sulfide) groups is 1. The smallest absolute Gasteiger partial charge is 0.446 e. The Bertz CT molecular complexity index is 441. The van der Waals surface area contributed by atoms with Crippen molar-refractivity contribution in [2.24, 2.45) is 5.73 Å². The molecule has 0 amide bonds. The second kappa shape index (κ2) is 6.72. The van der Waals surface area contributed by atoms with Crippen LogP contribution in [0.1, 0.15) is 32.8 Å². The Hall–Kier alpha value is -0.880. The van der Waals surface area contributed by atoms with Gasteiger partial charge < -0.3 is 10.5 Å². The largest absolute Gasteiger partial charge is 0.493 e. The molecule has 0 unspecified atom stereocenters. The fourth-order valence-corrected chi connectivity index (χ4v) is 2.27. The first-order chi connectivity index (χ1) is 9.13. The summed E-state index contributed by atoms with van der Waals surface area (Å²) in [5.41, 5.74) is 1.80. The Morgan fingerprint density at radius 2 is 1.85 bits per heavy atom. The van der Waals surface area contributed by atoms with Crippen molar-refractivity contribution in [3.05, 3.63) is 23.8 Å². The second-order valence-electron chi connectivity index (χ2n) is 5.45. The SMILES string of the molecule is CC(C)(C)c1ccc(SC(F)(F)F)cc1OCCCN. The molecule has 0 aromatic heterocycles. The fourth-order valence-electron chi connectivity index (χ4n) is 1.70. The first kappa shape index (κ1) is 17.2. The molecule has 0 saturated carbocycles. The lowest BCUT2D eigenvalue weighted by Crippen LogP contribution is -2.15. The highest BCUT2D eigenvalue weighted by Crippen LogP contribution is 2.40. The summed E-state index contributed by atoms with van der Waals surface area (Å²) >= 11 is -0.131. The van der Waals surface area contributed by atoms with Crippen LogP contribution in [0.5, 0.6) is 5.75 Å². The molecule has 0 heterocycles. The summed E-state index contributed by atoms with van der Waals surface area (Å²) in [6, 6.07) is 4.63. The average molecular weight is 307 g/mol. The number of alkyl halides is 3. The van der Waals surface area contributed by atoms with E-state index in [0.29, 0.717) is 25.3 Å². The van der Waals surface area contributed by atoms with Crippen molar-refractivity contribution in [1.82, 2.24) is 0 Å². The maximum absolute atomic E-state index is 12.4. The summed E-state index contributed by atoms with van der Waals surface area (Å²) in [5.74, 6) is 0.500. The molecule has 114 valence electrons. The van der Waals surface area contributed by atoms with Crippen molar-refractivity contribution < 1.29 is 17.9 Å². The number of benzene rings is 1. The molecular formula is C14H20F3NOS. The van der Waals surface area contributed by atoms with E-state index in [1.54, 1.807) is 6.07 Å². The summed E-state index contributed by atoms with van der Waals surface area (Å²) in [6.45, 7) is 6.87. The highest BCUT2D eigenvalue weighted by atomic mass is 32.2. The minimum absolute atomic E-state index is 0.131. The van der Waals surface area contributed by atoms with E-state index in [0.717, 1.165) is 5.56 Å². The minimum Gasteiger partial charge on any atom is -0.493 e. The van der Waals surface area contributed by atoms with Crippen LogP contribution in [-0.4, -0.2) is 18.7 Å². The van der Waals surface area contributed by atoms with Crippen molar-refractivity contribution in [2.75, 3.05) is 13.2 Å². The molecule has 0 saturated heterocycles. The number of halogens is 3. The van der Waals surface area contributed by atoms with Crippen molar-refractivity contribution >= 4 is 11.8 Å². The van der Waals surface area contributed by atoms with E-state index in [2.05, 4.69) is 0 Å². The summed E-state index contributed by atoms with van der Waals surface area (Å²) in [5, 5.41) is 0. The van der Waals surface area contributed by atoms with Gasteiger partial charge in [-0.15, -0.1) is 0 Å². The monoisotopic (exact) mass is 307 g/mol. The molecule has 0 aliphatic heterocycles. The van der Waals surface area contributed by atoms with Crippen LogP contribution < -0.4 is 10.5 Å². The van der Waals surface area contributed by atoms with Crippen LogP contribution in [0.2, 0.25) is 0 Å². The van der Waals surface area contributed by atoms with Crippen LogP contribution >= 0.6 is 11.8 Å². The van der Waals surface area contributed by atoms with Gasteiger partial charge in [-0.3, -0.25) is 0 Å². The molecule has 1 aromatic rings. The van der Waals surface area contributed by atoms with E-state index in [1.165, 1.54) is 12.1 Å². The van der Waals surface area contributed by atoms with Gasteiger partial charge in [-0.25, -0.2) is 0 Å². The second-order valence-corrected chi connectivity index (χ2v) is 6.58. The van der Waals surface area contributed by atoms with Crippen LogP contribution in [0.3, 0.4) is 0 Å². The van der Waals surface area contributed by atoms with E-state index in [4.69, 9.17) is 10.5 Å². The zero-order valence-electron chi connectivity index (χ0n) is 11.9. The highest BCUT2D eigenvalue weighted by molar-refractivity contribution is 8.00. The lowest BCUT2D eigenvalue weighted by Gasteiger charge is -2.23. The first-order valence-electron chi connectivity index (χ1n) is 6.36. The predicted molar refractivity (Wildman–Crippen MR) is 76.2 cm³/mol. The summed E-state index contributed by atoms with van der Waals surface area (Å²) < 4.78 is 42.9. The van der Waals surface area contributed by atoms with Crippen LogP contribution in [0.15, 0.2) is 23.1 Å². The maximum Gasteiger partial charge on any atom is 0.446 e. The van der Waals surface area contributed by atoms with Crippen LogP contribution in [0.25, 0.3) is 0 Å². The van der Waals surface area contributed by atoms with Gasteiger partial charge in [0.05, 0.1) is 6.61 Å². The van der Waals surface area contributed by atoms with Gasteiger partial charge in [0.15, 0.2) is 0 Å². The third kappa shape index (κ3) is 5.63. The molecule has 0 fully saturated rings. The third-order valence-electron chi connectivity index (χ3n) is 2.60. The molecule has 0 atom stereocenters. The van der Waals surface area contributed by atoms with Crippen LogP contribution in [-0.2, 0) is 5.41 Å². The highest BCUT2D eigenvalue weighted by Gasteiger charge is 2.30. The lowest BCUT2D eigenvalue weighted by molar-refractivity contribution is -0.0328. The zero-order chi connectivity index (χ0) is 15.4. The van der Waals surface area contributed by atoms with Crippen molar-refractivity contribution in [2.45, 2.75) is 43.0 Å². The van der Waals surface area contributed by atoms with Gasteiger partial charge in [0, 0.05) is 4.90 Å². The maximum atomic E-state index is 12.4. The fraction of sp³-hybridized carbons (Fsp3) is 0.571. The third-order valence-corrected chi connectivity index (χ3v) is 3.32. The molecule has 1 rings (SSSR count). The first-order valence-corrected chi connectivity index (χ1v) is 7.18. The minimum atomic E-state index is -4.29. The van der Waals surface area contributed by atoms with Gasteiger partial charge in [0.2, 0.25) is 0 Å². The standard InChI is InChI=1S/C14H20F3NOS/c1-13(2,3)11-6-5-10(20-14(15,16)17)9-12(11)19-8-4-7-18/h5-6,9H,4,7-8,18H2,1-3H3. The zero-order valence-corrected chi connectivity index (χ0v) is 12.7. The normalized spacial score (nSPS) is 12.6. The predicted octanol–water partition coefficient (Wildman–Crippen LogP) is 4.32. The Morgan fingerprint density at radius 1 is 1.20 bits per heavy atom. The molecule has 0 spiro atoms. The number of nitrogens with two attached hydrogens (primary N) is 1. The quantitative estimate of drug-likeness (QED) is 0.650. The number of hydrogen-bond donors (Lipinski definition) is 1. The molecule has 2 N–H and O–H groups in total. The molecule has 0 aliphatic carbocycles. The van der Waals surface area contributed by atoms with Gasteiger partial charge in [0.1, 0.15) is 5.75 Å². The Morgan fingerprint density at radius 3 is 2.35 bits per heavy atom. The van der Waals surface area contributed by atoms with Crippen molar-refractivity contribution in [3.8, 4) is 5.75 Å². The van der Waals surface area contributed by atoms with E-state index in [1.807, 2.05) is 20.8 Å². The number of ether oxygens (including phenoxy) is 1. The van der Waals surface area contributed by atoms with Crippen molar-refractivity contribution in [1.29, 1.82) is 0 Å². The topological polar surface area (TPSA) is 35.2 Å². The molecule has 0 radical (unpaired) electrons.